The van der Waals surface area contributed by atoms with Gasteiger partial charge in [-0.2, -0.15) is 0 Å². The molecule has 1 heteroatoms. The summed E-state index contributed by atoms with van der Waals surface area (Å²) in [7, 11) is 0. The molecule has 0 aliphatic rings. The number of hydrogen-bond acceptors (Lipinski definition) is 1. The molecule has 0 bridgehead atoms. The first kappa shape index (κ1) is 12.6. The fraction of sp³-hybridized carbons (Fsp3) is 0. The van der Waals surface area contributed by atoms with Crippen molar-refractivity contribution in [1.82, 2.24) is 0 Å². The van der Waals surface area contributed by atoms with Crippen molar-refractivity contribution in [1.29, 1.82) is 0 Å². The molecule has 0 aromatic carbocycles. The Morgan fingerprint density at radius 1 is 0.500 bits per heavy atom. The van der Waals surface area contributed by atoms with Crippen molar-refractivity contribution >= 4 is 5.94 Å². The van der Waals surface area contributed by atoms with Crippen LogP contribution in [-0.2, 0) is 4.79 Å². The molecule has 68 valence electrons. The van der Waals surface area contributed by atoms with Gasteiger partial charge < -0.3 is 0 Å². The van der Waals surface area contributed by atoms with Crippen LogP contribution < -0.4 is 0 Å². The summed E-state index contributed by atoms with van der Waals surface area (Å²) in [6.07, 6.45) is 0. The van der Waals surface area contributed by atoms with Crippen LogP contribution in [0.1, 0.15) is 0 Å². The van der Waals surface area contributed by atoms with E-state index in [2.05, 4.69) is 75.4 Å². The van der Waals surface area contributed by atoms with Crippen molar-refractivity contribution in [3.63, 3.8) is 0 Å². The van der Waals surface area contributed by atoms with Crippen LogP contribution in [0.4, 0.5) is 0 Å². The Morgan fingerprint density at radius 3 is 1.12 bits per heavy atom. The van der Waals surface area contributed by atoms with Gasteiger partial charge in [0, 0.05) is 34.4 Å². The minimum Gasteiger partial charge on any atom is -0.223 e. The highest BCUT2D eigenvalue weighted by Crippen LogP contribution is 1.55. The second-order valence-corrected chi connectivity index (χ2v) is 1.78. The molecule has 0 radical (unpaired) electrons. The zero-order chi connectivity index (χ0) is 11.9. The summed E-state index contributed by atoms with van der Waals surface area (Å²) in [6, 6.07) is 0. The van der Waals surface area contributed by atoms with E-state index in [0.717, 1.165) is 0 Å². The van der Waals surface area contributed by atoms with E-state index in [0.29, 0.717) is 0 Å². The van der Waals surface area contributed by atoms with Gasteiger partial charge in [-0.05, 0) is 41.0 Å². The summed E-state index contributed by atoms with van der Waals surface area (Å²) in [5.41, 5.74) is 30.7. The Morgan fingerprint density at radius 2 is 0.812 bits per heavy atom. The van der Waals surface area contributed by atoms with Crippen LogP contribution in [0, 0.1) is 0 Å². The van der Waals surface area contributed by atoms with Crippen molar-refractivity contribution in [2.75, 3.05) is 0 Å². The fourth-order valence-electron chi connectivity index (χ4n) is 0.382. The van der Waals surface area contributed by atoms with Gasteiger partial charge in [-0.25, -0.2) is 4.79 Å². The van der Waals surface area contributed by atoms with Gasteiger partial charge in [0.05, 0.1) is 0 Å². The lowest BCUT2D eigenvalue weighted by Gasteiger charge is -1.39. The van der Waals surface area contributed by atoms with Gasteiger partial charge in [0.25, 0.3) is 0 Å². The van der Waals surface area contributed by atoms with Gasteiger partial charge in [-0.15, -0.1) is 0 Å². The second kappa shape index (κ2) is 11.6. The van der Waals surface area contributed by atoms with Crippen LogP contribution in [0.15, 0.2) is 81.1 Å². The second-order valence-electron chi connectivity index (χ2n) is 1.78. The molecule has 0 amide bonds. The standard InChI is InChI=1S/C15H2O/c1-2-3-4-5-6-7-8-9-10-11-12-13-14-15-16/h1H2. The molecule has 0 fully saturated rings. The number of hydrogen-bond donors (Lipinski definition) is 0. The van der Waals surface area contributed by atoms with Gasteiger partial charge in [0.2, 0.25) is 0 Å². The lowest BCUT2D eigenvalue weighted by molar-refractivity contribution is 0.569. The Labute approximate surface area is 92.4 Å². The van der Waals surface area contributed by atoms with E-state index >= 15 is 0 Å². The Bertz CT molecular complexity index is 697. The van der Waals surface area contributed by atoms with Crippen LogP contribution >= 0.6 is 0 Å². The fourth-order valence-corrected chi connectivity index (χ4v) is 0.382. The van der Waals surface area contributed by atoms with Crippen molar-refractivity contribution in [2.45, 2.75) is 0 Å². The molecule has 1 nitrogen and oxygen atoms in total. The predicted octanol–water partition coefficient (Wildman–Crippen LogP) is 2.02. The van der Waals surface area contributed by atoms with E-state index in [1.54, 1.807) is 0 Å². The zero-order valence-corrected chi connectivity index (χ0v) is 8.12. The number of rotatable bonds is 0. The van der Waals surface area contributed by atoms with Crippen molar-refractivity contribution in [3.05, 3.63) is 81.1 Å². The molecular weight excluding hydrogens is 196 g/mol. The van der Waals surface area contributed by atoms with Gasteiger partial charge >= 0.3 is 0 Å². The lowest BCUT2D eigenvalue weighted by atomic mass is 10.6. The Kier molecular flexibility index (Phi) is 9.12. The Hall–Kier alpha value is -3.41. The maximum absolute atomic E-state index is 9.63. The van der Waals surface area contributed by atoms with Crippen LogP contribution in [0.25, 0.3) is 0 Å². The van der Waals surface area contributed by atoms with E-state index in [9.17, 15) is 4.79 Å². The molecule has 0 rings (SSSR count). The monoisotopic (exact) mass is 198 g/mol. The summed E-state index contributed by atoms with van der Waals surface area (Å²) in [5.74, 6) is 1.37. The molecule has 0 aromatic rings. The van der Waals surface area contributed by atoms with Crippen LogP contribution in [-0.4, -0.2) is 5.94 Å². The van der Waals surface area contributed by atoms with E-state index in [4.69, 9.17) is 0 Å². The highest BCUT2D eigenvalue weighted by atomic mass is 16.1. The predicted molar refractivity (Wildman–Crippen MR) is 57.0 cm³/mol. The van der Waals surface area contributed by atoms with Crippen molar-refractivity contribution < 1.29 is 4.79 Å². The third kappa shape index (κ3) is 10.6. The lowest BCUT2D eigenvalue weighted by Crippen LogP contribution is -1.29. The Balaban J connectivity index is 5.66. The summed E-state index contributed by atoms with van der Waals surface area (Å²) in [4.78, 5) is 9.63. The molecule has 0 aliphatic heterocycles. The third-order valence-corrected chi connectivity index (χ3v) is 0.827. The molecule has 0 aromatic heterocycles. The van der Waals surface area contributed by atoms with Gasteiger partial charge in [-0.1, -0.05) is 5.73 Å². The van der Waals surface area contributed by atoms with E-state index < -0.39 is 0 Å². The molecule has 16 heavy (non-hydrogen) atoms. The average molecular weight is 198 g/mol. The first-order valence-corrected chi connectivity index (χ1v) is 3.81. The normalized spacial score (nSPS) is 3.75. The summed E-state index contributed by atoms with van der Waals surface area (Å²) in [5, 5.41) is 0. The van der Waals surface area contributed by atoms with Gasteiger partial charge in [0.15, 0.2) is 5.94 Å². The summed E-state index contributed by atoms with van der Waals surface area (Å²) < 4.78 is 0. The third-order valence-electron chi connectivity index (χ3n) is 0.827. The maximum atomic E-state index is 9.63. The highest BCUT2D eigenvalue weighted by Gasteiger charge is 1.41. The molecule has 0 unspecified atom stereocenters. The van der Waals surface area contributed by atoms with E-state index in [1.165, 1.54) is 5.94 Å². The molecule has 0 heterocycles. The van der Waals surface area contributed by atoms with Crippen LogP contribution in [0.5, 0.6) is 0 Å². The molecular formula is C15H2O. The summed E-state index contributed by atoms with van der Waals surface area (Å²) in [6.45, 7) is 3.27. The van der Waals surface area contributed by atoms with E-state index in [-0.39, 0.29) is 0 Å². The first-order chi connectivity index (χ1) is 7.91. The first-order valence-electron chi connectivity index (χ1n) is 3.81. The largest absolute Gasteiger partial charge is 0.223 e. The minimum absolute atomic E-state index is 1.37. The molecule has 0 N–H and O–H groups in total. The molecule has 0 atom stereocenters. The summed E-state index contributed by atoms with van der Waals surface area (Å²) >= 11 is 0. The van der Waals surface area contributed by atoms with E-state index in [1.807, 2.05) is 5.73 Å². The smallest absolute Gasteiger partial charge is 0.186 e. The minimum atomic E-state index is 1.37. The van der Waals surface area contributed by atoms with Gasteiger partial charge in [0.1, 0.15) is 0 Å². The molecule has 0 spiro atoms. The highest BCUT2D eigenvalue weighted by molar-refractivity contribution is 5.43. The SMILES string of the molecule is C=C=C=C=C=C=C=C=C=C=C=C=C=C=C=O. The van der Waals surface area contributed by atoms with Crippen LogP contribution in [0.3, 0.4) is 0 Å². The zero-order valence-electron chi connectivity index (χ0n) is 8.12. The van der Waals surface area contributed by atoms with Crippen molar-refractivity contribution in [3.8, 4) is 0 Å². The van der Waals surface area contributed by atoms with Gasteiger partial charge in [-0.3, -0.25) is 0 Å². The molecule has 0 saturated heterocycles. The number of carbonyl (C=O) groups excluding carboxylic acids is 1. The maximum Gasteiger partial charge on any atom is 0.186 e. The quantitative estimate of drug-likeness (QED) is 0.430. The van der Waals surface area contributed by atoms with Crippen molar-refractivity contribution in [2.24, 2.45) is 0 Å². The van der Waals surface area contributed by atoms with Crippen LogP contribution in [0.2, 0.25) is 0 Å². The average Bonchev–Trinajstić information content (AvgIpc) is 2.31. The molecule has 0 saturated carbocycles. The molecule has 0 aliphatic carbocycles. The topological polar surface area (TPSA) is 17.1 Å².